The van der Waals surface area contributed by atoms with Crippen molar-refractivity contribution in [2.75, 3.05) is 20.2 Å². The van der Waals surface area contributed by atoms with E-state index in [2.05, 4.69) is 5.32 Å². The molecule has 1 aliphatic heterocycles. The molecule has 2 amide bonds. The molecule has 5 heteroatoms. The van der Waals surface area contributed by atoms with Crippen LogP contribution < -0.4 is 5.32 Å². The van der Waals surface area contributed by atoms with Gasteiger partial charge in [0.2, 0.25) is 11.8 Å². The van der Waals surface area contributed by atoms with Crippen molar-refractivity contribution < 1.29 is 14.3 Å². The van der Waals surface area contributed by atoms with Crippen molar-refractivity contribution in [2.24, 2.45) is 5.41 Å². The number of rotatable bonds is 3. The molecular weight excluding hydrogens is 244 g/mol. The van der Waals surface area contributed by atoms with Crippen molar-refractivity contribution in [3.8, 4) is 0 Å². The fourth-order valence-corrected chi connectivity index (χ4v) is 2.13. The molecular formula is C14H26N2O3. The number of hydrogen-bond acceptors (Lipinski definition) is 3. The van der Waals surface area contributed by atoms with Gasteiger partial charge in [0.1, 0.15) is 6.10 Å². The maximum atomic E-state index is 12.1. The second kappa shape index (κ2) is 6.37. The molecule has 0 aromatic carbocycles. The van der Waals surface area contributed by atoms with Crippen molar-refractivity contribution in [3.05, 3.63) is 0 Å². The molecule has 1 unspecified atom stereocenters. The average molecular weight is 270 g/mol. The first-order chi connectivity index (χ1) is 8.75. The van der Waals surface area contributed by atoms with E-state index in [4.69, 9.17) is 4.74 Å². The second-order valence-corrected chi connectivity index (χ2v) is 6.20. The molecule has 1 heterocycles. The molecule has 1 saturated heterocycles. The third-order valence-corrected chi connectivity index (χ3v) is 3.49. The van der Waals surface area contributed by atoms with Crippen LogP contribution in [0.4, 0.5) is 0 Å². The summed E-state index contributed by atoms with van der Waals surface area (Å²) in [7, 11) is 1.52. The maximum absolute atomic E-state index is 12.1. The molecule has 0 saturated carbocycles. The normalized spacial score (nSPS) is 19.1. The number of piperidine rings is 1. The third-order valence-electron chi connectivity index (χ3n) is 3.49. The van der Waals surface area contributed by atoms with Crippen molar-refractivity contribution in [1.29, 1.82) is 0 Å². The summed E-state index contributed by atoms with van der Waals surface area (Å²) in [4.78, 5) is 25.7. The van der Waals surface area contributed by atoms with Gasteiger partial charge in [-0.2, -0.15) is 0 Å². The van der Waals surface area contributed by atoms with Gasteiger partial charge in [0.15, 0.2) is 0 Å². The van der Waals surface area contributed by atoms with Gasteiger partial charge in [0, 0.05) is 31.7 Å². The Bertz CT molecular complexity index is 328. The Kier molecular flexibility index (Phi) is 5.35. The van der Waals surface area contributed by atoms with E-state index < -0.39 is 6.10 Å². The standard InChI is InChI=1S/C14H26N2O3/c1-10(19-5)12(17)15-11-6-8-16(9-7-11)13(18)14(2,3)4/h10-11H,6-9H2,1-5H3,(H,15,17). The first-order valence-corrected chi connectivity index (χ1v) is 6.88. The van der Waals surface area contributed by atoms with Gasteiger partial charge in [0.25, 0.3) is 0 Å². The minimum atomic E-state index is -0.422. The zero-order chi connectivity index (χ0) is 14.6. The molecule has 0 aliphatic carbocycles. The largest absolute Gasteiger partial charge is 0.372 e. The maximum Gasteiger partial charge on any atom is 0.249 e. The Hall–Kier alpha value is -1.10. The number of methoxy groups -OCH3 is 1. The Balaban J connectivity index is 2.41. The summed E-state index contributed by atoms with van der Waals surface area (Å²) in [5.74, 6) is 0.102. The lowest BCUT2D eigenvalue weighted by atomic mass is 9.93. The molecule has 1 fully saturated rings. The molecule has 110 valence electrons. The summed E-state index contributed by atoms with van der Waals surface area (Å²) < 4.78 is 4.98. The number of nitrogens with one attached hydrogen (secondary N) is 1. The van der Waals surface area contributed by atoms with E-state index in [1.807, 2.05) is 25.7 Å². The third kappa shape index (κ3) is 4.49. The predicted octanol–water partition coefficient (Wildman–Crippen LogP) is 1.17. The molecule has 1 aliphatic rings. The van der Waals surface area contributed by atoms with Gasteiger partial charge >= 0.3 is 0 Å². The van der Waals surface area contributed by atoms with Crippen LogP contribution in [0.15, 0.2) is 0 Å². The number of hydrogen-bond donors (Lipinski definition) is 1. The highest BCUT2D eigenvalue weighted by atomic mass is 16.5. The summed E-state index contributed by atoms with van der Waals surface area (Å²) in [6.07, 6.45) is 1.20. The molecule has 5 nitrogen and oxygen atoms in total. The smallest absolute Gasteiger partial charge is 0.249 e. The van der Waals surface area contributed by atoms with Crippen LogP contribution in [0.5, 0.6) is 0 Å². The van der Waals surface area contributed by atoms with Crippen LogP contribution in [0.3, 0.4) is 0 Å². The first kappa shape index (κ1) is 16.0. The number of likely N-dealkylation sites (tertiary alicyclic amines) is 1. The van der Waals surface area contributed by atoms with E-state index in [1.54, 1.807) is 6.92 Å². The molecule has 0 aromatic rings. The summed E-state index contributed by atoms with van der Waals surface area (Å²) in [5, 5.41) is 2.97. The number of nitrogens with zero attached hydrogens (tertiary/aromatic N) is 1. The molecule has 0 aromatic heterocycles. The lowest BCUT2D eigenvalue weighted by Gasteiger charge is -2.36. The monoisotopic (exact) mass is 270 g/mol. The van der Waals surface area contributed by atoms with Crippen LogP contribution in [0, 0.1) is 5.41 Å². The Labute approximate surface area is 115 Å². The van der Waals surface area contributed by atoms with Crippen LogP contribution in [-0.4, -0.2) is 49.1 Å². The second-order valence-electron chi connectivity index (χ2n) is 6.20. The molecule has 0 bridgehead atoms. The summed E-state index contributed by atoms with van der Waals surface area (Å²) in [6, 6.07) is 0.147. The van der Waals surface area contributed by atoms with E-state index in [-0.39, 0.29) is 23.3 Å². The highest BCUT2D eigenvalue weighted by Crippen LogP contribution is 2.21. The van der Waals surface area contributed by atoms with Crippen LogP contribution in [0.2, 0.25) is 0 Å². The molecule has 1 rings (SSSR count). The number of ether oxygens (including phenoxy) is 1. The first-order valence-electron chi connectivity index (χ1n) is 6.88. The van der Waals surface area contributed by atoms with Crippen LogP contribution >= 0.6 is 0 Å². The van der Waals surface area contributed by atoms with Gasteiger partial charge < -0.3 is 15.0 Å². The minimum Gasteiger partial charge on any atom is -0.372 e. The molecule has 19 heavy (non-hydrogen) atoms. The summed E-state index contributed by atoms with van der Waals surface area (Å²) >= 11 is 0. The van der Waals surface area contributed by atoms with Gasteiger partial charge in [-0.15, -0.1) is 0 Å². The minimum absolute atomic E-state index is 0.0805. The van der Waals surface area contributed by atoms with Crippen LogP contribution in [0.25, 0.3) is 0 Å². The summed E-state index contributed by atoms with van der Waals surface area (Å²) in [5.41, 5.74) is -0.333. The lowest BCUT2D eigenvalue weighted by Crippen LogP contribution is -2.50. The highest BCUT2D eigenvalue weighted by molar-refractivity contribution is 5.82. The fraction of sp³-hybridized carbons (Fsp3) is 0.857. The van der Waals surface area contributed by atoms with Crippen molar-refractivity contribution in [2.45, 2.75) is 52.7 Å². The number of carbonyl (C=O) groups excluding carboxylic acids is 2. The molecule has 1 atom stereocenters. The summed E-state index contributed by atoms with van der Waals surface area (Å²) in [6.45, 7) is 8.95. The lowest BCUT2D eigenvalue weighted by molar-refractivity contribution is -0.140. The van der Waals surface area contributed by atoms with Crippen molar-refractivity contribution >= 4 is 11.8 Å². The van der Waals surface area contributed by atoms with Crippen LogP contribution in [0.1, 0.15) is 40.5 Å². The zero-order valence-corrected chi connectivity index (χ0v) is 12.7. The van der Waals surface area contributed by atoms with E-state index in [9.17, 15) is 9.59 Å². The molecule has 1 N–H and O–H groups in total. The Morgan fingerprint density at radius 3 is 2.21 bits per heavy atom. The van der Waals surface area contributed by atoms with Gasteiger partial charge in [0.05, 0.1) is 0 Å². The number of amides is 2. The van der Waals surface area contributed by atoms with Crippen molar-refractivity contribution in [1.82, 2.24) is 10.2 Å². The fourth-order valence-electron chi connectivity index (χ4n) is 2.13. The number of carbonyl (C=O) groups is 2. The zero-order valence-electron chi connectivity index (χ0n) is 12.7. The van der Waals surface area contributed by atoms with E-state index in [0.717, 1.165) is 12.8 Å². The molecule has 0 spiro atoms. The highest BCUT2D eigenvalue weighted by Gasteiger charge is 2.30. The van der Waals surface area contributed by atoms with E-state index in [0.29, 0.717) is 13.1 Å². The van der Waals surface area contributed by atoms with E-state index >= 15 is 0 Å². The average Bonchev–Trinajstić information content (AvgIpc) is 2.36. The van der Waals surface area contributed by atoms with E-state index in [1.165, 1.54) is 7.11 Å². The van der Waals surface area contributed by atoms with Gasteiger partial charge in [-0.25, -0.2) is 0 Å². The Morgan fingerprint density at radius 1 is 1.26 bits per heavy atom. The quantitative estimate of drug-likeness (QED) is 0.837. The van der Waals surface area contributed by atoms with Gasteiger partial charge in [-0.05, 0) is 19.8 Å². The van der Waals surface area contributed by atoms with Gasteiger partial charge in [-0.3, -0.25) is 9.59 Å². The van der Waals surface area contributed by atoms with Gasteiger partial charge in [-0.1, -0.05) is 20.8 Å². The van der Waals surface area contributed by atoms with Crippen molar-refractivity contribution in [3.63, 3.8) is 0 Å². The molecule has 0 radical (unpaired) electrons. The topological polar surface area (TPSA) is 58.6 Å². The van der Waals surface area contributed by atoms with Crippen LogP contribution in [-0.2, 0) is 14.3 Å². The Morgan fingerprint density at radius 2 is 1.79 bits per heavy atom. The SMILES string of the molecule is COC(C)C(=O)NC1CCN(C(=O)C(C)(C)C)CC1. The predicted molar refractivity (Wildman–Crippen MR) is 73.7 cm³/mol.